The molecule has 0 saturated heterocycles. The zero-order valence-corrected chi connectivity index (χ0v) is 14.9. The van der Waals surface area contributed by atoms with Gasteiger partial charge < -0.3 is 9.84 Å². The van der Waals surface area contributed by atoms with Gasteiger partial charge in [-0.25, -0.2) is 10.4 Å². The summed E-state index contributed by atoms with van der Waals surface area (Å²) in [6.07, 6.45) is 3.12. The lowest BCUT2D eigenvalue weighted by Crippen LogP contribution is -2.17. The highest BCUT2D eigenvalue weighted by Crippen LogP contribution is 2.27. The molecule has 0 fully saturated rings. The SMILES string of the molecule is COc1ccc(/C=N/NC(=O)c2sc(-c3ccccn3)nc2C)cc1O. The van der Waals surface area contributed by atoms with Gasteiger partial charge in [-0.05, 0) is 42.8 Å². The maximum atomic E-state index is 12.3. The van der Waals surface area contributed by atoms with Gasteiger partial charge in [0.05, 0.1) is 24.7 Å². The number of phenolic OH excluding ortho intramolecular Hbond substituents is 1. The van der Waals surface area contributed by atoms with E-state index in [4.69, 9.17) is 4.74 Å². The van der Waals surface area contributed by atoms with Gasteiger partial charge in [0.25, 0.3) is 5.91 Å². The lowest BCUT2D eigenvalue weighted by molar-refractivity contribution is 0.0958. The van der Waals surface area contributed by atoms with Gasteiger partial charge in [-0.2, -0.15) is 5.10 Å². The number of hydrogen-bond donors (Lipinski definition) is 2. The Balaban J connectivity index is 1.70. The largest absolute Gasteiger partial charge is 0.504 e. The number of pyridine rings is 1. The van der Waals surface area contributed by atoms with Crippen LogP contribution in [0.25, 0.3) is 10.7 Å². The third kappa shape index (κ3) is 3.86. The number of thiazole rings is 1. The summed E-state index contributed by atoms with van der Waals surface area (Å²) in [5.41, 5.74) is 4.43. The van der Waals surface area contributed by atoms with E-state index in [1.165, 1.54) is 30.7 Å². The second kappa shape index (κ2) is 7.75. The smallest absolute Gasteiger partial charge is 0.283 e. The van der Waals surface area contributed by atoms with Crippen LogP contribution in [0.3, 0.4) is 0 Å². The number of rotatable bonds is 5. The van der Waals surface area contributed by atoms with E-state index in [1.807, 2.05) is 18.2 Å². The normalized spacial score (nSPS) is 10.8. The molecule has 26 heavy (non-hydrogen) atoms. The molecule has 0 atom stereocenters. The van der Waals surface area contributed by atoms with E-state index in [9.17, 15) is 9.90 Å². The van der Waals surface area contributed by atoms with Crippen molar-refractivity contribution in [2.45, 2.75) is 6.92 Å². The van der Waals surface area contributed by atoms with Gasteiger partial charge in [0, 0.05) is 6.20 Å². The van der Waals surface area contributed by atoms with Crippen molar-refractivity contribution in [2.75, 3.05) is 7.11 Å². The number of carbonyl (C=O) groups is 1. The highest BCUT2D eigenvalue weighted by molar-refractivity contribution is 7.17. The first-order valence-corrected chi connectivity index (χ1v) is 8.49. The van der Waals surface area contributed by atoms with Crippen molar-refractivity contribution in [2.24, 2.45) is 5.10 Å². The fourth-order valence-corrected chi connectivity index (χ4v) is 3.14. The second-order valence-electron chi connectivity index (χ2n) is 5.28. The van der Waals surface area contributed by atoms with Gasteiger partial charge in [0.15, 0.2) is 11.5 Å². The number of benzene rings is 1. The van der Waals surface area contributed by atoms with Crippen LogP contribution in [0.15, 0.2) is 47.7 Å². The quantitative estimate of drug-likeness (QED) is 0.533. The molecule has 3 aromatic rings. The van der Waals surface area contributed by atoms with Crippen LogP contribution in [-0.4, -0.2) is 34.3 Å². The molecule has 0 bridgehead atoms. The van der Waals surface area contributed by atoms with Crippen LogP contribution in [-0.2, 0) is 0 Å². The number of aromatic hydroxyl groups is 1. The van der Waals surface area contributed by atoms with E-state index < -0.39 is 0 Å². The van der Waals surface area contributed by atoms with E-state index >= 15 is 0 Å². The van der Waals surface area contributed by atoms with Gasteiger partial charge in [-0.1, -0.05) is 6.07 Å². The first-order chi connectivity index (χ1) is 12.6. The highest BCUT2D eigenvalue weighted by atomic mass is 32.1. The van der Waals surface area contributed by atoms with Crippen LogP contribution in [0.5, 0.6) is 11.5 Å². The molecule has 7 nitrogen and oxygen atoms in total. The average Bonchev–Trinajstić information content (AvgIpc) is 3.04. The molecule has 1 amide bonds. The number of hydrogen-bond acceptors (Lipinski definition) is 7. The summed E-state index contributed by atoms with van der Waals surface area (Å²) in [5.74, 6) is 0.0192. The summed E-state index contributed by atoms with van der Waals surface area (Å²) < 4.78 is 4.98. The number of nitrogens with zero attached hydrogens (tertiary/aromatic N) is 3. The molecular formula is C18H16N4O3S. The number of aromatic nitrogens is 2. The molecule has 3 rings (SSSR count). The van der Waals surface area contributed by atoms with E-state index in [0.717, 1.165) is 5.69 Å². The number of carbonyl (C=O) groups excluding carboxylic acids is 1. The van der Waals surface area contributed by atoms with Crippen LogP contribution >= 0.6 is 11.3 Å². The van der Waals surface area contributed by atoms with Crippen LogP contribution in [0.1, 0.15) is 20.9 Å². The Morgan fingerprint density at radius 1 is 1.35 bits per heavy atom. The number of phenols is 1. The predicted molar refractivity (Wildman–Crippen MR) is 99.8 cm³/mol. The molecule has 2 N–H and O–H groups in total. The van der Waals surface area contributed by atoms with Gasteiger partial charge in [0.1, 0.15) is 9.88 Å². The highest BCUT2D eigenvalue weighted by Gasteiger charge is 2.16. The third-order valence-corrected chi connectivity index (χ3v) is 4.65. The maximum absolute atomic E-state index is 12.3. The molecule has 0 aliphatic carbocycles. The van der Waals surface area contributed by atoms with Crippen molar-refractivity contribution >= 4 is 23.5 Å². The number of amides is 1. The topological polar surface area (TPSA) is 96.7 Å². The number of methoxy groups -OCH3 is 1. The number of aryl methyl sites for hydroxylation is 1. The Hall–Kier alpha value is -3.26. The summed E-state index contributed by atoms with van der Waals surface area (Å²) in [5, 5.41) is 14.3. The zero-order chi connectivity index (χ0) is 18.5. The molecule has 0 radical (unpaired) electrons. The molecule has 8 heteroatoms. The summed E-state index contributed by atoms with van der Waals surface area (Å²) in [4.78, 5) is 21.4. The van der Waals surface area contributed by atoms with Gasteiger partial charge in [-0.15, -0.1) is 11.3 Å². The van der Waals surface area contributed by atoms with Gasteiger partial charge in [-0.3, -0.25) is 9.78 Å². The van der Waals surface area contributed by atoms with E-state index in [2.05, 4.69) is 20.5 Å². The molecular weight excluding hydrogens is 352 g/mol. The molecule has 0 aliphatic heterocycles. The minimum absolute atomic E-state index is 0.00100. The molecule has 0 spiro atoms. The molecule has 1 aromatic carbocycles. The minimum atomic E-state index is -0.351. The summed E-state index contributed by atoms with van der Waals surface area (Å²) in [6, 6.07) is 10.4. The van der Waals surface area contributed by atoms with Crippen molar-refractivity contribution in [1.82, 2.24) is 15.4 Å². The molecule has 0 aliphatic rings. The Kier molecular flexibility index (Phi) is 5.23. The van der Waals surface area contributed by atoms with E-state index in [-0.39, 0.29) is 11.7 Å². The zero-order valence-electron chi connectivity index (χ0n) is 14.1. The molecule has 132 valence electrons. The Bertz CT molecular complexity index is 954. The van der Waals surface area contributed by atoms with E-state index in [1.54, 1.807) is 25.3 Å². The molecule has 2 aromatic heterocycles. The average molecular weight is 368 g/mol. The third-order valence-electron chi connectivity index (χ3n) is 3.47. The second-order valence-corrected chi connectivity index (χ2v) is 6.28. The van der Waals surface area contributed by atoms with Crippen molar-refractivity contribution in [1.29, 1.82) is 0 Å². The standard InChI is InChI=1S/C18H16N4O3S/c1-11-16(26-18(21-11)13-5-3-4-8-19-13)17(24)22-20-10-12-6-7-15(25-2)14(23)9-12/h3-10,23H,1-2H3,(H,22,24)/b20-10+. The first kappa shape index (κ1) is 17.6. The summed E-state index contributed by atoms with van der Waals surface area (Å²) in [6.45, 7) is 1.77. The number of ether oxygens (including phenoxy) is 1. The summed E-state index contributed by atoms with van der Waals surface area (Å²) >= 11 is 1.26. The van der Waals surface area contributed by atoms with Crippen LogP contribution < -0.4 is 10.2 Å². The predicted octanol–water partition coefficient (Wildman–Crippen LogP) is 2.99. The van der Waals surface area contributed by atoms with Gasteiger partial charge >= 0.3 is 0 Å². The van der Waals surface area contributed by atoms with Crippen molar-refractivity contribution in [3.05, 3.63) is 58.7 Å². The Labute approximate surface area is 154 Å². The number of nitrogens with one attached hydrogen (secondary N) is 1. The van der Waals surface area contributed by atoms with Crippen LogP contribution in [0.2, 0.25) is 0 Å². The molecule has 0 unspecified atom stereocenters. The maximum Gasteiger partial charge on any atom is 0.283 e. The van der Waals surface area contributed by atoms with Crippen LogP contribution in [0, 0.1) is 6.92 Å². The fraction of sp³-hybridized carbons (Fsp3) is 0.111. The molecule has 2 heterocycles. The van der Waals surface area contributed by atoms with Crippen molar-refractivity contribution < 1.29 is 14.6 Å². The van der Waals surface area contributed by atoms with Gasteiger partial charge in [0.2, 0.25) is 0 Å². The molecule has 0 saturated carbocycles. The van der Waals surface area contributed by atoms with Crippen LogP contribution in [0.4, 0.5) is 0 Å². The summed E-state index contributed by atoms with van der Waals surface area (Å²) in [7, 11) is 1.47. The lowest BCUT2D eigenvalue weighted by Gasteiger charge is -2.03. The lowest BCUT2D eigenvalue weighted by atomic mass is 10.2. The van der Waals surface area contributed by atoms with Crippen molar-refractivity contribution in [3.8, 4) is 22.2 Å². The Morgan fingerprint density at radius 3 is 2.88 bits per heavy atom. The number of hydrazone groups is 1. The van der Waals surface area contributed by atoms with E-state index in [0.29, 0.717) is 26.9 Å². The monoisotopic (exact) mass is 368 g/mol. The van der Waals surface area contributed by atoms with Crippen molar-refractivity contribution in [3.63, 3.8) is 0 Å². The Morgan fingerprint density at radius 2 is 2.19 bits per heavy atom. The first-order valence-electron chi connectivity index (χ1n) is 7.67. The minimum Gasteiger partial charge on any atom is -0.504 e. The fourth-order valence-electron chi connectivity index (χ4n) is 2.21.